The summed E-state index contributed by atoms with van der Waals surface area (Å²) in [7, 11) is 0. The van der Waals surface area contributed by atoms with E-state index in [1.165, 1.54) is 12.1 Å². The molecule has 6 heteroatoms. The van der Waals surface area contributed by atoms with Crippen LogP contribution in [-0.4, -0.2) is 16.9 Å². The third-order valence-corrected chi connectivity index (χ3v) is 2.45. The first-order chi connectivity index (χ1) is 7.43. The fourth-order valence-electron chi connectivity index (χ4n) is 1.05. The fraction of sp³-hybridized carbons (Fsp3) is 0.500. The average molecular weight is 253 g/mol. The first-order valence-corrected chi connectivity index (χ1v) is 5.29. The molecule has 1 heterocycles. The van der Waals surface area contributed by atoms with Gasteiger partial charge in [-0.05, 0) is 18.6 Å². The van der Waals surface area contributed by atoms with Crippen LogP contribution in [0.4, 0.5) is 19.0 Å². The lowest BCUT2D eigenvalue weighted by Gasteiger charge is -2.11. The summed E-state index contributed by atoms with van der Waals surface area (Å²) in [5, 5.41) is 2.65. The number of rotatable bonds is 4. The Labute approximate surface area is 96.8 Å². The number of halogens is 4. The van der Waals surface area contributed by atoms with Crippen molar-refractivity contribution in [3.05, 3.63) is 23.9 Å². The largest absolute Gasteiger partial charge is 0.433 e. The third kappa shape index (κ3) is 3.89. The Kier molecular flexibility index (Phi) is 4.41. The number of hydrogen-bond donors (Lipinski definition) is 1. The molecule has 1 atom stereocenters. The van der Waals surface area contributed by atoms with Crippen LogP contribution in [-0.2, 0) is 6.18 Å². The molecule has 0 bridgehead atoms. The van der Waals surface area contributed by atoms with Crippen LogP contribution in [0.15, 0.2) is 18.2 Å². The van der Waals surface area contributed by atoms with Gasteiger partial charge < -0.3 is 5.32 Å². The standard InChI is InChI=1S/C10H12ClF3N2/c1-2-7(11)6-15-9-5-3-4-8(16-9)10(12,13)14/h3-5,7H,2,6H2,1H3,(H,15,16). The zero-order chi connectivity index (χ0) is 12.2. The predicted molar refractivity (Wildman–Crippen MR) is 57.7 cm³/mol. The molecule has 0 aliphatic rings. The van der Waals surface area contributed by atoms with Crippen LogP contribution in [0.1, 0.15) is 19.0 Å². The van der Waals surface area contributed by atoms with Crippen LogP contribution in [0.2, 0.25) is 0 Å². The summed E-state index contributed by atoms with van der Waals surface area (Å²) in [5.41, 5.74) is -0.903. The van der Waals surface area contributed by atoms with Crippen molar-refractivity contribution in [3.8, 4) is 0 Å². The van der Waals surface area contributed by atoms with Crippen LogP contribution in [0.25, 0.3) is 0 Å². The summed E-state index contributed by atoms with van der Waals surface area (Å²) >= 11 is 5.83. The molecule has 1 N–H and O–H groups in total. The molecule has 0 saturated heterocycles. The zero-order valence-corrected chi connectivity index (χ0v) is 9.44. The minimum absolute atomic E-state index is 0.114. The van der Waals surface area contributed by atoms with E-state index >= 15 is 0 Å². The van der Waals surface area contributed by atoms with Crippen LogP contribution in [0.5, 0.6) is 0 Å². The highest BCUT2D eigenvalue weighted by atomic mass is 35.5. The topological polar surface area (TPSA) is 24.9 Å². The lowest BCUT2D eigenvalue weighted by molar-refractivity contribution is -0.141. The Morgan fingerprint density at radius 1 is 1.44 bits per heavy atom. The second-order valence-electron chi connectivity index (χ2n) is 3.29. The van der Waals surface area contributed by atoms with Crippen molar-refractivity contribution < 1.29 is 13.2 Å². The zero-order valence-electron chi connectivity index (χ0n) is 8.68. The fourth-order valence-corrected chi connectivity index (χ4v) is 1.13. The van der Waals surface area contributed by atoms with E-state index in [1.807, 2.05) is 6.92 Å². The van der Waals surface area contributed by atoms with Crippen molar-refractivity contribution in [2.75, 3.05) is 11.9 Å². The minimum Gasteiger partial charge on any atom is -0.369 e. The Bertz CT molecular complexity index is 341. The average Bonchev–Trinajstić information content (AvgIpc) is 2.25. The molecule has 0 amide bonds. The Morgan fingerprint density at radius 2 is 2.12 bits per heavy atom. The molecular formula is C10H12ClF3N2. The molecule has 0 radical (unpaired) electrons. The molecule has 1 rings (SSSR count). The van der Waals surface area contributed by atoms with E-state index in [-0.39, 0.29) is 11.2 Å². The summed E-state index contributed by atoms with van der Waals surface area (Å²) in [4.78, 5) is 3.46. The maximum Gasteiger partial charge on any atom is 0.433 e. The van der Waals surface area contributed by atoms with E-state index in [1.54, 1.807) is 0 Å². The summed E-state index contributed by atoms with van der Waals surface area (Å²) in [6, 6.07) is 3.73. The van der Waals surface area contributed by atoms with Crippen molar-refractivity contribution in [3.63, 3.8) is 0 Å². The number of aromatic nitrogens is 1. The monoisotopic (exact) mass is 252 g/mol. The van der Waals surface area contributed by atoms with Gasteiger partial charge in [0.05, 0.1) is 5.38 Å². The minimum atomic E-state index is -4.41. The van der Waals surface area contributed by atoms with Crippen LogP contribution < -0.4 is 5.32 Å². The van der Waals surface area contributed by atoms with Gasteiger partial charge in [0, 0.05) is 6.54 Å². The van der Waals surface area contributed by atoms with Gasteiger partial charge in [0.15, 0.2) is 0 Å². The SMILES string of the molecule is CCC(Cl)CNc1cccc(C(F)(F)F)n1. The van der Waals surface area contributed by atoms with E-state index in [0.29, 0.717) is 6.54 Å². The van der Waals surface area contributed by atoms with Gasteiger partial charge in [0.2, 0.25) is 0 Å². The highest BCUT2D eigenvalue weighted by Crippen LogP contribution is 2.28. The van der Waals surface area contributed by atoms with E-state index in [0.717, 1.165) is 12.5 Å². The molecule has 0 saturated carbocycles. The highest BCUT2D eigenvalue weighted by molar-refractivity contribution is 6.20. The van der Waals surface area contributed by atoms with Gasteiger partial charge in [-0.25, -0.2) is 4.98 Å². The first-order valence-electron chi connectivity index (χ1n) is 4.85. The molecule has 1 aromatic heterocycles. The molecule has 0 aliphatic heterocycles. The molecule has 0 fully saturated rings. The van der Waals surface area contributed by atoms with Gasteiger partial charge in [0.1, 0.15) is 11.5 Å². The summed E-state index contributed by atoms with van der Waals surface area (Å²) < 4.78 is 36.9. The van der Waals surface area contributed by atoms with Gasteiger partial charge >= 0.3 is 6.18 Å². The van der Waals surface area contributed by atoms with E-state index in [9.17, 15) is 13.2 Å². The normalized spacial score (nSPS) is 13.6. The number of nitrogens with one attached hydrogen (secondary N) is 1. The smallest absolute Gasteiger partial charge is 0.369 e. The lowest BCUT2D eigenvalue weighted by atomic mass is 10.3. The van der Waals surface area contributed by atoms with E-state index in [4.69, 9.17) is 11.6 Å². The molecule has 2 nitrogen and oxygen atoms in total. The number of anilines is 1. The summed E-state index contributed by atoms with van der Waals surface area (Å²) in [6.45, 7) is 2.30. The first kappa shape index (κ1) is 13.1. The van der Waals surface area contributed by atoms with Crippen molar-refractivity contribution in [2.24, 2.45) is 0 Å². The van der Waals surface area contributed by atoms with E-state index in [2.05, 4.69) is 10.3 Å². The van der Waals surface area contributed by atoms with Gasteiger partial charge in [-0.1, -0.05) is 13.0 Å². The summed E-state index contributed by atoms with van der Waals surface area (Å²) in [6.07, 6.45) is -3.67. The van der Waals surface area contributed by atoms with Crippen LogP contribution >= 0.6 is 11.6 Å². The molecule has 0 aliphatic carbocycles. The Balaban J connectivity index is 2.68. The van der Waals surface area contributed by atoms with Crippen LogP contribution in [0, 0.1) is 0 Å². The molecular weight excluding hydrogens is 241 g/mol. The number of alkyl halides is 4. The van der Waals surface area contributed by atoms with E-state index < -0.39 is 11.9 Å². The number of nitrogens with zero attached hydrogens (tertiary/aromatic N) is 1. The summed E-state index contributed by atoms with van der Waals surface area (Å²) in [5.74, 6) is 0.189. The van der Waals surface area contributed by atoms with Crippen molar-refractivity contribution in [2.45, 2.75) is 24.9 Å². The van der Waals surface area contributed by atoms with Crippen molar-refractivity contribution in [1.82, 2.24) is 4.98 Å². The van der Waals surface area contributed by atoms with Crippen LogP contribution in [0.3, 0.4) is 0 Å². The van der Waals surface area contributed by atoms with Gasteiger partial charge in [-0.2, -0.15) is 13.2 Å². The van der Waals surface area contributed by atoms with Gasteiger partial charge in [0.25, 0.3) is 0 Å². The maximum absolute atomic E-state index is 12.3. The lowest BCUT2D eigenvalue weighted by Crippen LogP contribution is -2.15. The highest BCUT2D eigenvalue weighted by Gasteiger charge is 2.32. The Morgan fingerprint density at radius 3 is 2.69 bits per heavy atom. The third-order valence-electron chi connectivity index (χ3n) is 1.99. The predicted octanol–water partition coefficient (Wildman–Crippen LogP) is 3.53. The van der Waals surface area contributed by atoms with Gasteiger partial charge in [-0.15, -0.1) is 11.6 Å². The molecule has 1 aromatic rings. The van der Waals surface area contributed by atoms with Gasteiger partial charge in [-0.3, -0.25) is 0 Å². The molecule has 16 heavy (non-hydrogen) atoms. The molecule has 90 valence electrons. The quantitative estimate of drug-likeness (QED) is 0.830. The van der Waals surface area contributed by atoms with Crippen molar-refractivity contribution >= 4 is 17.4 Å². The number of hydrogen-bond acceptors (Lipinski definition) is 2. The Hall–Kier alpha value is -0.970. The number of pyridine rings is 1. The molecule has 0 spiro atoms. The molecule has 1 unspecified atom stereocenters. The molecule has 0 aromatic carbocycles. The van der Waals surface area contributed by atoms with Crippen molar-refractivity contribution in [1.29, 1.82) is 0 Å². The second-order valence-corrected chi connectivity index (χ2v) is 3.91. The maximum atomic E-state index is 12.3. The second kappa shape index (κ2) is 5.39.